The Balaban J connectivity index is 2.02. The Bertz CT molecular complexity index is 703. The topological polar surface area (TPSA) is 75.7 Å². The second-order valence-electron chi connectivity index (χ2n) is 6.42. The minimum atomic E-state index is -3.25. The van der Waals surface area contributed by atoms with Crippen LogP contribution in [0.1, 0.15) is 36.9 Å². The van der Waals surface area contributed by atoms with E-state index in [9.17, 15) is 13.2 Å². The summed E-state index contributed by atoms with van der Waals surface area (Å²) in [6.45, 7) is 4.65. The summed E-state index contributed by atoms with van der Waals surface area (Å²) in [5.41, 5.74) is 2.01. The van der Waals surface area contributed by atoms with Gasteiger partial charge in [-0.25, -0.2) is 12.7 Å². The zero-order valence-corrected chi connectivity index (χ0v) is 15.5. The number of aryl methyl sites for hydroxylation is 1. The van der Waals surface area contributed by atoms with Crippen LogP contribution in [0.3, 0.4) is 0 Å². The number of piperidine rings is 1. The van der Waals surface area contributed by atoms with E-state index in [-0.39, 0.29) is 24.4 Å². The Morgan fingerprint density at radius 2 is 2.12 bits per heavy atom. The molecule has 2 rings (SSSR count). The van der Waals surface area contributed by atoms with Gasteiger partial charge in [0.25, 0.3) is 0 Å². The predicted octanol–water partition coefficient (Wildman–Crippen LogP) is 1.85. The van der Waals surface area contributed by atoms with Gasteiger partial charge in [-0.1, -0.05) is 12.1 Å². The lowest BCUT2D eigenvalue weighted by Gasteiger charge is -2.31. The first-order valence-electron chi connectivity index (χ1n) is 8.12. The summed E-state index contributed by atoms with van der Waals surface area (Å²) in [5.74, 6) is 0.424. The highest BCUT2D eigenvalue weighted by molar-refractivity contribution is 7.88. The number of carbonyl (C=O) groups excluding carboxylic acids is 1. The van der Waals surface area contributed by atoms with Crippen molar-refractivity contribution in [2.75, 3.05) is 26.5 Å². The molecule has 1 aliphatic heterocycles. The highest BCUT2D eigenvalue weighted by Gasteiger charge is 2.30. The van der Waals surface area contributed by atoms with E-state index in [1.807, 2.05) is 32.0 Å². The summed E-state index contributed by atoms with van der Waals surface area (Å²) in [4.78, 5) is 12.5. The number of hydrogen-bond donors (Lipinski definition) is 1. The first-order valence-corrected chi connectivity index (χ1v) is 9.97. The van der Waals surface area contributed by atoms with E-state index in [4.69, 9.17) is 4.74 Å². The number of benzene rings is 1. The number of sulfonamides is 1. The van der Waals surface area contributed by atoms with Gasteiger partial charge in [0.2, 0.25) is 15.9 Å². The molecule has 1 saturated heterocycles. The summed E-state index contributed by atoms with van der Waals surface area (Å²) < 4.78 is 30.0. The third kappa shape index (κ3) is 4.48. The summed E-state index contributed by atoms with van der Waals surface area (Å²) in [6, 6.07) is 5.67. The van der Waals surface area contributed by atoms with Crippen LogP contribution in [-0.2, 0) is 14.8 Å². The van der Waals surface area contributed by atoms with Gasteiger partial charge in [0.15, 0.2) is 0 Å². The molecular formula is C17H26N2O4S. The molecule has 1 amide bonds. The van der Waals surface area contributed by atoms with E-state index < -0.39 is 10.0 Å². The Morgan fingerprint density at radius 3 is 2.71 bits per heavy atom. The molecule has 2 unspecified atom stereocenters. The van der Waals surface area contributed by atoms with Gasteiger partial charge in [-0.15, -0.1) is 0 Å². The van der Waals surface area contributed by atoms with Crippen molar-refractivity contribution < 1.29 is 17.9 Å². The number of rotatable bonds is 5. The van der Waals surface area contributed by atoms with Crippen molar-refractivity contribution in [1.82, 2.24) is 9.62 Å². The molecule has 0 spiro atoms. The van der Waals surface area contributed by atoms with E-state index >= 15 is 0 Å². The molecular weight excluding hydrogens is 328 g/mol. The fourth-order valence-electron chi connectivity index (χ4n) is 3.04. The number of methoxy groups -OCH3 is 1. The molecule has 1 N–H and O–H groups in total. The van der Waals surface area contributed by atoms with Crippen LogP contribution in [0.25, 0.3) is 0 Å². The molecule has 6 nitrogen and oxygen atoms in total. The van der Waals surface area contributed by atoms with Crippen molar-refractivity contribution in [2.45, 2.75) is 32.7 Å². The van der Waals surface area contributed by atoms with Gasteiger partial charge in [0, 0.05) is 13.1 Å². The van der Waals surface area contributed by atoms with Crippen molar-refractivity contribution in [2.24, 2.45) is 5.92 Å². The van der Waals surface area contributed by atoms with E-state index in [1.165, 1.54) is 10.6 Å². The van der Waals surface area contributed by atoms with Crippen molar-refractivity contribution in [3.8, 4) is 5.75 Å². The lowest BCUT2D eigenvalue weighted by molar-refractivity contribution is -0.126. The largest absolute Gasteiger partial charge is 0.496 e. The van der Waals surface area contributed by atoms with Crippen LogP contribution in [0, 0.1) is 12.8 Å². The van der Waals surface area contributed by atoms with Gasteiger partial charge < -0.3 is 10.1 Å². The molecule has 2 atom stereocenters. The maximum atomic E-state index is 12.5. The molecule has 1 aromatic carbocycles. The van der Waals surface area contributed by atoms with Crippen LogP contribution in [0.4, 0.5) is 0 Å². The molecule has 0 aromatic heterocycles. The maximum Gasteiger partial charge on any atom is 0.224 e. The van der Waals surface area contributed by atoms with Gasteiger partial charge in [0.05, 0.1) is 25.3 Å². The average Bonchev–Trinajstić information content (AvgIpc) is 2.54. The highest BCUT2D eigenvalue weighted by atomic mass is 32.2. The molecule has 0 aliphatic carbocycles. The molecule has 1 aliphatic rings. The summed E-state index contributed by atoms with van der Waals surface area (Å²) in [6.07, 6.45) is 2.61. The Hall–Kier alpha value is -1.60. The molecule has 1 fully saturated rings. The van der Waals surface area contributed by atoms with Gasteiger partial charge in [-0.2, -0.15) is 0 Å². The van der Waals surface area contributed by atoms with E-state index in [0.29, 0.717) is 19.4 Å². The Kier molecular flexibility index (Phi) is 5.87. The summed E-state index contributed by atoms with van der Waals surface area (Å²) in [5, 5.41) is 3.00. The zero-order chi connectivity index (χ0) is 17.9. The Morgan fingerprint density at radius 1 is 1.42 bits per heavy atom. The molecule has 24 heavy (non-hydrogen) atoms. The second-order valence-corrected chi connectivity index (χ2v) is 8.40. The lowest BCUT2D eigenvalue weighted by atomic mass is 9.97. The molecule has 134 valence electrons. The average molecular weight is 354 g/mol. The minimum Gasteiger partial charge on any atom is -0.496 e. The predicted molar refractivity (Wildman–Crippen MR) is 93.4 cm³/mol. The minimum absolute atomic E-state index is 0.0932. The third-order valence-electron chi connectivity index (χ3n) is 4.50. The van der Waals surface area contributed by atoms with Crippen molar-refractivity contribution in [3.63, 3.8) is 0 Å². The first-order chi connectivity index (χ1) is 11.2. The number of hydrogen-bond acceptors (Lipinski definition) is 4. The summed E-state index contributed by atoms with van der Waals surface area (Å²) >= 11 is 0. The molecule has 0 bridgehead atoms. The second kappa shape index (κ2) is 7.53. The van der Waals surface area contributed by atoms with Crippen LogP contribution in [0.15, 0.2) is 18.2 Å². The van der Waals surface area contributed by atoms with Crippen LogP contribution >= 0.6 is 0 Å². The van der Waals surface area contributed by atoms with Crippen LogP contribution < -0.4 is 10.1 Å². The number of ether oxygens (including phenoxy) is 1. The molecule has 7 heteroatoms. The Labute approximate surface area is 144 Å². The fourth-order valence-corrected chi connectivity index (χ4v) is 3.95. The lowest BCUT2D eigenvalue weighted by Crippen LogP contribution is -2.45. The van der Waals surface area contributed by atoms with Crippen LogP contribution in [0.5, 0.6) is 5.75 Å². The normalized spacial score (nSPS) is 20.4. The van der Waals surface area contributed by atoms with Gasteiger partial charge in [-0.05, 0) is 43.9 Å². The van der Waals surface area contributed by atoms with E-state index in [2.05, 4.69) is 5.32 Å². The quantitative estimate of drug-likeness (QED) is 0.876. The third-order valence-corrected chi connectivity index (χ3v) is 5.77. The molecule has 1 heterocycles. The number of nitrogens with zero attached hydrogens (tertiary/aromatic N) is 1. The van der Waals surface area contributed by atoms with Gasteiger partial charge >= 0.3 is 0 Å². The number of nitrogens with one attached hydrogen (secondary N) is 1. The van der Waals surface area contributed by atoms with Crippen molar-refractivity contribution in [1.29, 1.82) is 0 Å². The molecule has 0 radical (unpaired) electrons. The van der Waals surface area contributed by atoms with Crippen LogP contribution in [-0.4, -0.2) is 45.1 Å². The zero-order valence-electron chi connectivity index (χ0n) is 14.7. The number of carbonyl (C=O) groups is 1. The fraction of sp³-hybridized carbons (Fsp3) is 0.588. The van der Waals surface area contributed by atoms with Gasteiger partial charge in [0.1, 0.15) is 5.75 Å². The SMILES string of the molecule is COc1ccc(C(C)NC(=O)C2CCCN(S(C)(=O)=O)C2)cc1C. The van der Waals surface area contributed by atoms with E-state index in [0.717, 1.165) is 16.9 Å². The van der Waals surface area contributed by atoms with Crippen LogP contribution in [0.2, 0.25) is 0 Å². The van der Waals surface area contributed by atoms with Gasteiger partial charge in [-0.3, -0.25) is 4.79 Å². The first kappa shape index (κ1) is 18.7. The highest BCUT2D eigenvalue weighted by Crippen LogP contribution is 2.24. The van der Waals surface area contributed by atoms with E-state index in [1.54, 1.807) is 7.11 Å². The monoisotopic (exact) mass is 354 g/mol. The maximum absolute atomic E-state index is 12.5. The standard InChI is InChI=1S/C17H26N2O4S/c1-12-10-14(7-8-16(12)23-3)13(2)18-17(20)15-6-5-9-19(11-15)24(4,21)22/h7-8,10,13,15H,5-6,9,11H2,1-4H3,(H,18,20). The smallest absolute Gasteiger partial charge is 0.224 e. The molecule has 1 aromatic rings. The summed E-state index contributed by atoms with van der Waals surface area (Å²) in [7, 11) is -1.62. The molecule has 0 saturated carbocycles. The number of amides is 1. The van der Waals surface area contributed by atoms with Crippen molar-refractivity contribution in [3.05, 3.63) is 29.3 Å². The van der Waals surface area contributed by atoms with Crippen molar-refractivity contribution >= 4 is 15.9 Å².